The van der Waals surface area contributed by atoms with Crippen LogP contribution in [0.1, 0.15) is 44.5 Å². The van der Waals surface area contributed by atoms with E-state index in [1.54, 1.807) is 7.11 Å². The Labute approximate surface area is 134 Å². The van der Waals surface area contributed by atoms with Gasteiger partial charge >= 0.3 is 0 Å². The molecule has 0 spiro atoms. The number of ether oxygens (including phenoxy) is 2. The molecule has 1 aromatic rings. The topological polar surface area (TPSA) is 34.6 Å². The number of rotatable bonds is 4. The highest BCUT2D eigenvalue weighted by atomic mass is 16.5. The third kappa shape index (κ3) is 3.33. The van der Waals surface area contributed by atoms with Gasteiger partial charge in [0.05, 0.1) is 24.9 Å². The van der Waals surface area contributed by atoms with Crippen LogP contribution in [0.4, 0.5) is 5.82 Å². The Balaban J connectivity index is 2.54. The Kier molecular flexibility index (Phi) is 5.24. The fourth-order valence-electron chi connectivity index (χ4n) is 2.87. The predicted molar refractivity (Wildman–Crippen MR) is 91.3 cm³/mol. The van der Waals surface area contributed by atoms with E-state index in [1.807, 2.05) is 6.92 Å². The summed E-state index contributed by atoms with van der Waals surface area (Å²) in [5, 5.41) is 0. The Morgan fingerprint density at radius 2 is 2.18 bits per heavy atom. The molecule has 1 atom stereocenters. The lowest BCUT2D eigenvalue weighted by Crippen LogP contribution is -2.44. The van der Waals surface area contributed by atoms with Crippen LogP contribution in [0.15, 0.2) is 12.1 Å². The van der Waals surface area contributed by atoms with Crippen molar-refractivity contribution in [3.8, 4) is 0 Å². The smallest absolute Gasteiger partial charge is 0.129 e. The summed E-state index contributed by atoms with van der Waals surface area (Å²) in [6, 6.07) is 2.51. The molecule has 122 valence electrons. The molecule has 1 fully saturated rings. The summed E-state index contributed by atoms with van der Waals surface area (Å²) < 4.78 is 11.3. The van der Waals surface area contributed by atoms with Gasteiger partial charge in [0.15, 0.2) is 0 Å². The van der Waals surface area contributed by atoms with Crippen molar-refractivity contribution in [2.24, 2.45) is 0 Å². The largest absolute Gasteiger partial charge is 0.377 e. The minimum absolute atomic E-state index is 0.340. The number of morpholine rings is 1. The standard InChI is InChI=1S/C18H28N2O2/c1-7-8-15-14(3)19-17(11-16(15)18(4,5)21-6)20-9-10-22-12-13(20)2/h7-8,11,13H,9-10,12H2,1-6H3/b8-7-. The van der Waals surface area contributed by atoms with Crippen molar-refractivity contribution >= 4 is 11.9 Å². The molecule has 1 aliphatic rings. The van der Waals surface area contributed by atoms with Gasteiger partial charge in [-0.05, 0) is 46.2 Å². The van der Waals surface area contributed by atoms with E-state index in [9.17, 15) is 0 Å². The first-order valence-electron chi connectivity index (χ1n) is 7.95. The zero-order chi connectivity index (χ0) is 16.3. The van der Waals surface area contributed by atoms with Crippen LogP contribution in [-0.2, 0) is 15.1 Å². The maximum Gasteiger partial charge on any atom is 0.129 e. The van der Waals surface area contributed by atoms with Crippen LogP contribution in [0.5, 0.6) is 0 Å². The Hall–Kier alpha value is -1.39. The quantitative estimate of drug-likeness (QED) is 0.852. The molecule has 2 rings (SSSR count). The van der Waals surface area contributed by atoms with E-state index < -0.39 is 0 Å². The van der Waals surface area contributed by atoms with Gasteiger partial charge in [0.25, 0.3) is 0 Å². The van der Waals surface area contributed by atoms with Gasteiger partial charge in [0, 0.05) is 24.9 Å². The molecule has 0 bridgehead atoms. The van der Waals surface area contributed by atoms with E-state index in [0.717, 1.165) is 36.8 Å². The van der Waals surface area contributed by atoms with Crippen LogP contribution >= 0.6 is 0 Å². The van der Waals surface area contributed by atoms with Crippen molar-refractivity contribution in [2.75, 3.05) is 31.8 Å². The third-order valence-corrected chi connectivity index (χ3v) is 4.39. The number of methoxy groups -OCH3 is 1. The van der Waals surface area contributed by atoms with E-state index in [-0.39, 0.29) is 5.60 Å². The first kappa shape index (κ1) is 17.0. The lowest BCUT2D eigenvalue weighted by molar-refractivity contribution is 0.0189. The van der Waals surface area contributed by atoms with Crippen molar-refractivity contribution in [1.82, 2.24) is 4.98 Å². The van der Waals surface area contributed by atoms with E-state index in [0.29, 0.717) is 6.04 Å². The van der Waals surface area contributed by atoms with E-state index in [1.165, 1.54) is 5.56 Å². The summed E-state index contributed by atoms with van der Waals surface area (Å²) in [6.07, 6.45) is 4.17. The number of aromatic nitrogens is 1. The fraction of sp³-hybridized carbons (Fsp3) is 0.611. The van der Waals surface area contributed by atoms with Gasteiger partial charge in [-0.1, -0.05) is 12.2 Å². The monoisotopic (exact) mass is 304 g/mol. The third-order valence-electron chi connectivity index (χ3n) is 4.39. The minimum Gasteiger partial charge on any atom is -0.377 e. The summed E-state index contributed by atoms with van der Waals surface area (Å²) in [5.41, 5.74) is 3.01. The highest BCUT2D eigenvalue weighted by Gasteiger charge is 2.27. The maximum atomic E-state index is 5.73. The minimum atomic E-state index is -0.354. The molecule has 2 heterocycles. The van der Waals surface area contributed by atoms with Gasteiger partial charge in [-0.3, -0.25) is 0 Å². The van der Waals surface area contributed by atoms with Crippen molar-refractivity contribution < 1.29 is 9.47 Å². The average Bonchev–Trinajstić information content (AvgIpc) is 2.49. The van der Waals surface area contributed by atoms with E-state index in [2.05, 4.69) is 50.8 Å². The normalized spacial score (nSPS) is 19.9. The lowest BCUT2D eigenvalue weighted by atomic mass is 9.92. The van der Waals surface area contributed by atoms with Crippen LogP contribution in [0.3, 0.4) is 0 Å². The van der Waals surface area contributed by atoms with Crippen LogP contribution in [-0.4, -0.2) is 37.9 Å². The number of nitrogens with zero attached hydrogens (tertiary/aromatic N) is 2. The SMILES string of the molecule is C/C=C\c1c(C(C)(C)OC)cc(N2CCOCC2C)nc1C. The van der Waals surface area contributed by atoms with Gasteiger partial charge in [-0.15, -0.1) is 0 Å². The van der Waals surface area contributed by atoms with Crippen LogP contribution in [0, 0.1) is 6.92 Å². The molecule has 4 nitrogen and oxygen atoms in total. The number of anilines is 1. The van der Waals surface area contributed by atoms with Gasteiger partial charge < -0.3 is 14.4 Å². The number of hydrogen-bond acceptors (Lipinski definition) is 4. The number of allylic oxidation sites excluding steroid dienone is 1. The van der Waals surface area contributed by atoms with Crippen molar-refractivity contribution in [3.05, 3.63) is 29.0 Å². The lowest BCUT2D eigenvalue weighted by Gasteiger charge is -2.36. The Morgan fingerprint density at radius 3 is 2.77 bits per heavy atom. The molecule has 4 heteroatoms. The van der Waals surface area contributed by atoms with E-state index >= 15 is 0 Å². The van der Waals surface area contributed by atoms with Gasteiger partial charge in [-0.2, -0.15) is 0 Å². The molecule has 1 aromatic heterocycles. The van der Waals surface area contributed by atoms with Crippen LogP contribution in [0.2, 0.25) is 0 Å². The average molecular weight is 304 g/mol. The molecule has 0 radical (unpaired) electrons. The van der Waals surface area contributed by atoms with Crippen molar-refractivity contribution in [1.29, 1.82) is 0 Å². The molecule has 0 aromatic carbocycles. The highest BCUT2D eigenvalue weighted by Crippen LogP contribution is 2.33. The molecule has 1 saturated heterocycles. The molecule has 0 N–H and O–H groups in total. The first-order chi connectivity index (χ1) is 10.4. The summed E-state index contributed by atoms with van der Waals surface area (Å²) in [4.78, 5) is 7.16. The molecular weight excluding hydrogens is 276 g/mol. The van der Waals surface area contributed by atoms with E-state index in [4.69, 9.17) is 14.5 Å². The van der Waals surface area contributed by atoms with Crippen molar-refractivity contribution in [3.63, 3.8) is 0 Å². The second kappa shape index (κ2) is 6.80. The zero-order valence-electron chi connectivity index (χ0n) is 14.6. The summed E-state index contributed by atoms with van der Waals surface area (Å²) in [7, 11) is 1.76. The second-order valence-corrected chi connectivity index (χ2v) is 6.36. The number of hydrogen-bond donors (Lipinski definition) is 0. The first-order valence-corrected chi connectivity index (χ1v) is 7.95. The summed E-state index contributed by atoms with van der Waals surface area (Å²) in [5.74, 6) is 1.02. The zero-order valence-corrected chi connectivity index (χ0v) is 14.6. The number of pyridine rings is 1. The fourth-order valence-corrected chi connectivity index (χ4v) is 2.87. The molecule has 0 amide bonds. The van der Waals surface area contributed by atoms with Gasteiger partial charge in [-0.25, -0.2) is 4.98 Å². The molecular formula is C18H28N2O2. The number of aryl methyl sites for hydroxylation is 1. The maximum absolute atomic E-state index is 5.73. The molecule has 0 aliphatic carbocycles. The molecule has 1 unspecified atom stereocenters. The molecule has 0 saturated carbocycles. The molecule has 1 aliphatic heterocycles. The Morgan fingerprint density at radius 1 is 1.45 bits per heavy atom. The highest BCUT2D eigenvalue weighted by molar-refractivity contribution is 5.61. The summed E-state index contributed by atoms with van der Waals surface area (Å²) in [6.45, 7) is 12.9. The second-order valence-electron chi connectivity index (χ2n) is 6.36. The summed E-state index contributed by atoms with van der Waals surface area (Å²) >= 11 is 0. The van der Waals surface area contributed by atoms with Crippen LogP contribution < -0.4 is 4.90 Å². The van der Waals surface area contributed by atoms with Crippen molar-refractivity contribution in [2.45, 2.75) is 46.3 Å². The van der Waals surface area contributed by atoms with Crippen LogP contribution in [0.25, 0.3) is 6.08 Å². The van der Waals surface area contributed by atoms with Gasteiger partial charge in [0.2, 0.25) is 0 Å². The van der Waals surface area contributed by atoms with Gasteiger partial charge in [0.1, 0.15) is 5.82 Å². The molecule has 22 heavy (non-hydrogen) atoms. The predicted octanol–water partition coefficient (Wildman–Crippen LogP) is 3.53. The Bertz CT molecular complexity index is 552.